The number of thiocarbonyl (C=S) groups is 1. The quantitative estimate of drug-likeness (QED) is 0.428. The summed E-state index contributed by atoms with van der Waals surface area (Å²) < 4.78 is 8.10. The number of aromatic nitrogens is 3. The summed E-state index contributed by atoms with van der Waals surface area (Å²) in [5.74, 6) is -0.0707. The number of ether oxygens (including phenoxy) is 1. The van der Waals surface area contributed by atoms with Gasteiger partial charge in [-0.25, -0.2) is 4.68 Å². The minimum Gasteiger partial charge on any atom is -0.376 e. The third kappa shape index (κ3) is 4.19. The summed E-state index contributed by atoms with van der Waals surface area (Å²) in [5, 5.41) is 4.80. The molecule has 1 amide bonds. The molecule has 5 rings (SSSR count). The number of hydrogen-bond acceptors (Lipinski definition) is 6. The van der Waals surface area contributed by atoms with Crippen LogP contribution < -0.4 is 0 Å². The van der Waals surface area contributed by atoms with Crippen LogP contribution in [-0.4, -0.2) is 49.1 Å². The number of para-hydroxylation sites is 1. The van der Waals surface area contributed by atoms with Crippen LogP contribution in [0.2, 0.25) is 0 Å². The van der Waals surface area contributed by atoms with Crippen molar-refractivity contribution in [1.82, 2.24) is 19.7 Å². The average molecular weight is 449 g/mol. The monoisotopic (exact) mass is 448 g/mol. The van der Waals surface area contributed by atoms with Gasteiger partial charge in [0.1, 0.15) is 10.0 Å². The van der Waals surface area contributed by atoms with Gasteiger partial charge in [-0.3, -0.25) is 14.7 Å². The molecule has 2 saturated heterocycles. The van der Waals surface area contributed by atoms with E-state index in [4.69, 9.17) is 22.1 Å². The first-order valence-electron chi connectivity index (χ1n) is 10.1. The summed E-state index contributed by atoms with van der Waals surface area (Å²) in [7, 11) is 0. The normalized spacial score (nSPS) is 20.2. The average Bonchev–Trinajstić information content (AvgIpc) is 3.53. The van der Waals surface area contributed by atoms with Crippen LogP contribution in [0, 0.1) is 0 Å². The smallest absolute Gasteiger partial charge is 0.266 e. The number of thioether (sulfide) groups is 1. The van der Waals surface area contributed by atoms with E-state index in [0.717, 1.165) is 42.0 Å². The summed E-state index contributed by atoms with van der Waals surface area (Å²) in [6, 6.07) is 13.7. The van der Waals surface area contributed by atoms with E-state index in [9.17, 15) is 4.79 Å². The van der Waals surface area contributed by atoms with Crippen LogP contribution in [0.4, 0.5) is 0 Å². The molecule has 8 heteroatoms. The molecule has 2 aliphatic heterocycles. The number of hydrogen-bond donors (Lipinski definition) is 0. The first-order valence-corrected chi connectivity index (χ1v) is 11.3. The summed E-state index contributed by atoms with van der Waals surface area (Å²) >= 11 is 6.83. The molecule has 156 valence electrons. The number of benzene rings is 1. The SMILES string of the molecule is O=C1/C(=C/c2cn(-c3ccccc3)nc2-c2ccncc2)SC(=S)N1CC1CCCO1. The molecule has 0 aliphatic carbocycles. The van der Waals surface area contributed by atoms with Crippen molar-refractivity contribution in [2.45, 2.75) is 18.9 Å². The lowest BCUT2D eigenvalue weighted by atomic mass is 10.1. The van der Waals surface area contributed by atoms with Crippen molar-refractivity contribution in [1.29, 1.82) is 0 Å². The Morgan fingerprint density at radius 2 is 2.00 bits per heavy atom. The first kappa shape index (κ1) is 20.1. The van der Waals surface area contributed by atoms with Crippen molar-refractivity contribution in [3.63, 3.8) is 0 Å². The molecule has 2 fully saturated rings. The van der Waals surface area contributed by atoms with Gasteiger partial charge in [0.05, 0.1) is 23.2 Å². The second-order valence-corrected chi connectivity index (χ2v) is 9.05. The van der Waals surface area contributed by atoms with E-state index in [2.05, 4.69) is 4.98 Å². The van der Waals surface area contributed by atoms with Gasteiger partial charge in [-0.05, 0) is 43.2 Å². The van der Waals surface area contributed by atoms with Gasteiger partial charge >= 0.3 is 0 Å². The Balaban J connectivity index is 1.50. The van der Waals surface area contributed by atoms with Gasteiger partial charge in [-0.15, -0.1) is 0 Å². The van der Waals surface area contributed by atoms with E-state index in [1.54, 1.807) is 17.3 Å². The Labute approximate surface area is 189 Å². The predicted molar refractivity (Wildman–Crippen MR) is 126 cm³/mol. The molecule has 3 aromatic rings. The summed E-state index contributed by atoms with van der Waals surface area (Å²) in [6.07, 6.45) is 9.36. The number of nitrogens with zero attached hydrogens (tertiary/aromatic N) is 4. The lowest BCUT2D eigenvalue weighted by molar-refractivity contribution is -0.123. The third-order valence-electron chi connectivity index (χ3n) is 5.29. The first-order chi connectivity index (χ1) is 15.2. The van der Waals surface area contributed by atoms with Gasteiger partial charge in [-0.1, -0.05) is 42.2 Å². The summed E-state index contributed by atoms with van der Waals surface area (Å²) in [4.78, 5) is 19.5. The largest absolute Gasteiger partial charge is 0.376 e. The minimum absolute atomic E-state index is 0.0649. The Bertz CT molecular complexity index is 1140. The Hall–Kier alpha value is -2.81. The lowest BCUT2D eigenvalue weighted by Crippen LogP contribution is -2.35. The summed E-state index contributed by atoms with van der Waals surface area (Å²) in [5.41, 5.74) is 3.53. The third-order valence-corrected chi connectivity index (χ3v) is 6.67. The van der Waals surface area contributed by atoms with Crippen LogP contribution in [0.5, 0.6) is 0 Å². The highest BCUT2D eigenvalue weighted by Gasteiger charge is 2.34. The molecule has 4 heterocycles. The van der Waals surface area contributed by atoms with E-state index >= 15 is 0 Å². The molecule has 1 unspecified atom stereocenters. The van der Waals surface area contributed by atoms with E-state index in [-0.39, 0.29) is 12.0 Å². The fourth-order valence-electron chi connectivity index (χ4n) is 3.73. The van der Waals surface area contributed by atoms with Crippen LogP contribution in [0.25, 0.3) is 23.0 Å². The highest BCUT2D eigenvalue weighted by Crippen LogP contribution is 2.35. The van der Waals surface area contributed by atoms with Crippen LogP contribution in [0.3, 0.4) is 0 Å². The van der Waals surface area contributed by atoms with Crippen molar-refractivity contribution in [3.05, 3.63) is 71.5 Å². The second-order valence-electron chi connectivity index (χ2n) is 7.38. The van der Waals surface area contributed by atoms with E-state index < -0.39 is 0 Å². The van der Waals surface area contributed by atoms with Crippen molar-refractivity contribution >= 4 is 40.3 Å². The fraction of sp³-hybridized carbons (Fsp3) is 0.217. The molecule has 0 radical (unpaired) electrons. The molecule has 2 aliphatic rings. The molecule has 6 nitrogen and oxygen atoms in total. The molecule has 2 aromatic heterocycles. The van der Waals surface area contributed by atoms with Gasteiger partial charge in [0.2, 0.25) is 0 Å². The zero-order valence-electron chi connectivity index (χ0n) is 16.7. The lowest BCUT2D eigenvalue weighted by Gasteiger charge is -2.18. The van der Waals surface area contributed by atoms with Gasteiger partial charge in [0.25, 0.3) is 5.91 Å². The number of amides is 1. The van der Waals surface area contributed by atoms with Crippen LogP contribution in [0.15, 0.2) is 66.0 Å². The van der Waals surface area contributed by atoms with Gasteiger partial charge in [-0.2, -0.15) is 5.10 Å². The molecule has 0 N–H and O–H groups in total. The molecule has 31 heavy (non-hydrogen) atoms. The zero-order valence-corrected chi connectivity index (χ0v) is 18.3. The molecule has 1 aromatic carbocycles. The van der Waals surface area contributed by atoms with Crippen molar-refractivity contribution in [3.8, 4) is 16.9 Å². The molecule has 0 bridgehead atoms. The predicted octanol–water partition coefficient (Wildman–Crippen LogP) is 4.31. The molecule has 0 saturated carbocycles. The van der Waals surface area contributed by atoms with Crippen molar-refractivity contribution in [2.24, 2.45) is 0 Å². The molecular weight excluding hydrogens is 428 g/mol. The van der Waals surface area contributed by atoms with Gasteiger partial charge in [0, 0.05) is 36.3 Å². The van der Waals surface area contributed by atoms with E-state index in [0.29, 0.717) is 15.8 Å². The van der Waals surface area contributed by atoms with Crippen LogP contribution >= 0.6 is 24.0 Å². The number of carbonyl (C=O) groups excluding carboxylic acids is 1. The maximum Gasteiger partial charge on any atom is 0.266 e. The minimum atomic E-state index is -0.0707. The van der Waals surface area contributed by atoms with Gasteiger partial charge < -0.3 is 4.74 Å². The van der Waals surface area contributed by atoms with Gasteiger partial charge in [0.15, 0.2) is 0 Å². The van der Waals surface area contributed by atoms with Crippen LogP contribution in [0.1, 0.15) is 18.4 Å². The van der Waals surface area contributed by atoms with Crippen LogP contribution in [-0.2, 0) is 9.53 Å². The molecule has 1 atom stereocenters. The maximum absolute atomic E-state index is 13.1. The van der Waals surface area contributed by atoms with E-state index in [1.807, 2.05) is 59.4 Å². The highest BCUT2D eigenvalue weighted by atomic mass is 32.2. The number of rotatable bonds is 5. The molecule has 0 spiro atoms. The second kappa shape index (κ2) is 8.74. The van der Waals surface area contributed by atoms with Crippen molar-refractivity contribution < 1.29 is 9.53 Å². The fourth-order valence-corrected chi connectivity index (χ4v) is 5.00. The number of pyridine rings is 1. The Morgan fingerprint density at radius 3 is 2.74 bits per heavy atom. The Kier molecular flexibility index (Phi) is 5.67. The van der Waals surface area contributed by atoms with Crippen molar-refractivity contribution in [2.75, 3.05) is 13.2 Å². The zero-order chi connectivity index (χ0) is 21.2. The standard InChI is InChI=1S/C23H20N4O2S2/c28-22-20(31-23(30)26(22)15-19-7-4-12-29-19)13-17-14-27(18-5-2-1-3-6-18)25-21(17)16-8-10-24-11-9-16/h1-3,5-6,8-11,13-14,19H,4,7,12,15H2/b20-13-. The maximum atomic E-state index is 13.1. The summed E-state index contributed by atoms with van der Waals surface area (Å²) in [6.45, 7) is 1.27. The Morgan fingerprint density at radius 1 is 1.19 bits per heavy atom. The number of carbonyl (C=O) groups is 1. The van der Waals surface area contributed by atoms with E-state index in [1.165, 1.54) is 11.8 Å². The molecular formula is C23H20N4O2S2. The topological polar surface area (TPSA) is 60.2 Å². The highest BCUT2D eigenvalue weighted by molar-refractivity contribution is 8.26.